The molecule has 0 aliphatic heterocycles. The van der Waals surface area contributed by atoms with Gasteiger partial charge in [0, 0.05) is 24.9 Å². The third kappa shape index (κ3) is 7.48. The van der Waals surface area contributed by atoms with Gasteiger partial charge in [0.15, 0.2) is 0 Å². The molecule has 174 valence electrons. The van der Waals surface area contributed by atoms with Gasteiger partial charge in [-0.3, -0.25) is 19.2 Å². The van der Waals surface area contributed by atoms with Crippen molar-refractivity contribution >= 4 is 23.5 Å². The number of nitrogens with zero attached hydrogens (tertiary/aromatic N) is 2. The molecular weight excluding hydrogens is 422 g/mol. The zero-order valence-electron chi connectivity index (χ0n) is 18.8. The molecule has 1 aromatic carbocycles. The number of rotatable bonds is 11. The van der Waals surface area contributed by atoms with E-state index in [1.54, 1.807) is 0 Å². The summed E-state index contributed by atoms with van der Waals surface area (Å²) in [5, 5.41) is 8.09. The van der Waals surface area contributed by atoms with Gasteiger partial charge in [-0.15, -0.1) is 0 Å². The Balaban J connectivity index is 1.75. The average molecular weight is 452 g/mol. The number of nitrogens with one attached hydrogen (secondary N) is 3. The van der Waals surface area contributed by atoms with Crippen LogP contribution in [0.4, 0.5) is 0 Å². The lowest BCUT2D eigenvalue weighted by Crippen LogP contribution is -2.55. The van der Waals surface area contributed by atoms with Gasteiger partial charge in [0.25, 0.3) is 11.8 Å². The fraction of sp³-hybridized carbons (Fsp3) is 0.417. The topological polar surface area (TPSA) is 130 Å². The van der Waals surface area contributed by atoms with Crippen LogP contribution in [0.5, 0.6) is 0 Å². The Morgan fingerprint density at radius 1 is 0.970 bits per heavy atom. The Morgan fingerprint density at radius 2 is 1.64 bits per heavy atom. The minimum Gasteiger partial charge on any atom is -0.347 e. The van der Waals surface area contributed by atoms with E-state index < -0.39 is 35.6 Å². The SMILES string of the molecule is CC(C)CC(NC(=O)c1cncnc1)C(=O)NC(Cc1ccccc1)C(=O)C(=O)NC1CC1. The first-order chi connectivity index (χ1) is 15.8. The molecule has 1 fully saturated rings. The largest absolute Gasteiger partial charge is 0.347 e. The number of ketones is 1. The van der Waals surface area contributed by atoms with Crippen molar-refractivity contribution in [2.45, 2.75) is 57.7 Å². The molecule has 1 aliphatic rings. The highest BCUT2D eigenvalue weighted by Gasteiger charge is 2.33. The molecule has 9 nitrogen and oxygen atoms in total. The van der Waals surface area contributed by atoms with Crippen molar-refractivity contribution in [2.24, 2.45) is 5.92 Å². The van der Waals surface area contributed by atoms with Gasteiger partial charge in [0.1, 0.15) is 18.4 Å². The average Bonchev–Trinajstić information content (AvgIpc) is 3.62. The molecule has 9 heteroatoms. The summed E-state index contributed by atoms with van der Waals surface area (Å²) in [6, 6.07) is 7.23. The number of hydrogen-bond donors (Lipinski definition) is 3. The minimum absolute atomic E-state index is 0.0237. The van der Waals surface area contributed by atoms with Gasteiger partial charge in [0.05, 0.1) is 5.56 Å². The number of carbonyl (C=O) groups excluding carboxylic acids is 4. The second kappa shape index (κ2) is 11.3. The Kier molecular flexibility index (Phi) is 8.23. The van der Waals surface area contributed by atoms with Crippen LogP contribution in [-0.4, -0.2) is 51.6 Å². The Bertz CT molecular complexity index is 977. The predicted molar refractivity (Wildman–Crippen MR) is 121 cm³/mol. The summed E-state index contributed by atoms with van der Waals surface area (Å²) < 4.78 is 0. The fourth-order valence-electron chi connectivity index (χ4n) is 3.33. The lowest BCUT2D eigenvalue weighted by atomic mass is 9.99. The Labute approximate surface area is 192 Å². The lowest BCUT2D eigenvalue weighted by Gasteiger charge is -2.24. The second-order valence-electron chi connectivity index (χ2n) is 8.65. The molecular formula is C24H29N5O4. The third-order valence-electron chi connectivity index (χ3n) is 5.20. The van der Waals surface area contributed by atoms with Crippen molar-refractivity contribution < 1.29 is 19.2 Å². The van der Waals surface area contributed by atoms with Crippen molar-refractivity contribution in [1.29, 1.82) is 0 Å². The van der Waals surface area contributed by atoms with E-state index in [4.69, 9.17) is 0 Å². The van der Waals surface area contributed by atoms with Gasteiger partial charge in [-0.05, 0) is 30.7 Å². The first-order valence-corrected chi connectivity index (χ1v) is 11.1. The molecule has 0 bridgehead atoms. The van der Waals surface area contributed by atoms with Crippen LogP contribution in [-0.2, 0) is 20.8 Å². The smallest absolute Gasteiger partial charge is 0.289 e. The van der Waals surface area contributed by atoms with Crippen LogP contribution in [0.2, 0.25) is 0 Å². The van der Waals surface area contributed by atoms with Crippen molar-refractivity contribution in [1.82, 2.24) is 25.9 Å². The van der Waals surface area contributed by atoms with E-state index in [-0.39, 0.29) is 23.9 Å². The standard InChI is InChI=1S/C24H29N5O4/c1-15(2)10-20(29-22(31)17-12-25-14-26-13-17)23(32)28-19(11-16-6-4-3-5-7-16)21(30)24(33)27-18-8-9-18/h3-7,12-15,18-20H,8-11H2,1-2H3,(H,27,33)(H,28,32)(H,29,31). The summed E-state index contributed by atoms with van der Waals surface area (Å²) >= 11 is 0. The Morgan fingerprint density at radius 3 is 2.24 bits per heavy atom. The van der Waals surface area contributed by atoms with Gasteiger partial charge in [0.2, 0.25) is 11.7 Å². The number of hydrogen-bond acceptors (Lipinski definition) is 6. The van der Waals surface area contributed by atoms with Crippen molar-refractivity contribution in [3.63, 3.8) is 0 Å². The normalized spacial score (nSPS) is 14.8. The second-order valence-corrected chi connectivity index (χ2v) is 8.65. The third-order valence-corrected chi connectivity index (χ3v) is 5.20. The summed E-state index contributed by atoms with van der Waals surface area (Å²) in [4.78, 5) is 58.7. The first-order valence-electron chi connectivity index (χ1n) is 11.1. The van der Waals surface area contributed by atoms with Gasteiger partial charge in [-0.25, -0.2) is 9.97 Å². The summed E-state index contributed by atoms with van der Waals surface area (Å²) in [5.41, 5.74) is 1.03. The van der Waals surface area contributed by atoms with E-state index >= 15 is 0 Å². The zero-order valence-corrected chi connectivity index (χ0v) is 18.8. The van der Waals surface area contributed by atoms with Crippen molar-refractivity contribution in [2.75, 3.05) is 0 Å². The van der Waals surface area contributed by atoms with Crippen LogP contribution in [0, 0.1) is 5.92 Å². The van der Waals surface area contributed by atoms with E-state index in [1.807, 2.05) is 44.2 Å². The monoisotopic (exact) mass is 451 g/mol. The van der Waals surface area contributed by atoms with Crippen LogP contribution < -0.4 is 16.0 Å². The molecule has 1 aliphatic carbocycles. The number of Topliss-reactive ketones (excluding diaryl/α,β-unsaturated/α-hetero) is 1. The number of aromatic nitrogens is 2. The van der Waals surface area contributed by atoms with E-state index in [2.05, 4.69) is 25.9 Å². The minimum atomic E-state index is -1.05. The number of benzene rings is 1. The Hall–Kier alpha value is -3.62. The quantitative estimate of drug-likeness (QED) is 0.440. The summed E-state index contributed by atoms with van der Waals surface area (Å²) in [5.74, 6) is -2.33. The summed E-state index contributed by atoms with van der Waals surface area (Å²) in [6.45, 7) is 3.85. The van der Waals surface area contributed by atoms with Crippen LogP contribution >= 0.6 is 0 Å². The highest BCUT2D eigenvalue weighted by Crippen LogP contribution is 2.18. The number of carbonyl (C=O) groups is 4. The summed E-state index contributed by atoms with van der Waals surface area (Å²) in [6.07, 6.45) is 6.24. The van der Waals surface area contributed by atoms with Crippen LogP contribution in [0.15, 0.2) is 49.1 Å². The molecule has 2 unspecified atom stereocenters. The molecule has 33 heavy (non-hydrogen) atoms. The van der Waals surface area contributed by atoms with Crippen molar-refractivity contribution in [3.05, 3.63) is 60.2 Å². The maximum atomic E-state index is 13.2. The lowest BCUT2D eigenvalue weighted by molar-refractivity contribution is -0.140. The predicted octanol–water partition coefficient (Wildman–Crippen LogP) is 1.20. The first kappa shape index (κ1) is 24.0. The van der Waals surface area contributed by atoms with Crippen LogP contribution in [0.25, 0.3) is 0 Å². The molecule has 1 saturated carbocycles. The molecule has 0 saturated heterocycles. The molecule has 3 rings (SSSR count). The van der Waals surface area contributed by atoms with E-state index in [9.17, 15) is 19.2 Å². The molecule has 3 N–H and O–H groups in total. The van der Waals surface area contributed by atoms with Crippen LogP contribution in [0.1, 0.15) is 49.0 Å². The molecule has 0 spiro atoms. The van der Waals surface area contributed by atoms with Crippen molar-refractivity contribution in [3.8, 4) is 0 Å². The molecule has 2 aromatic rings. The van der Waals surface area contributed by atoms with Gasteiger partial charge < -0.3 is 16.0 Å². The fourth-order valence-corrected chi connectivity index (χ4v) is 3.33. The summed E-state index contributed by atoms with van der Waals surface area (Å²) in [7, 11) is 0. The highest BCUT2D eigenvalue weighted by molar-refractivity contribution is 6.38. The maximum Gasteiger partial charge on any atom is 0.289 e. The molecule has 1 heterocycles. The molecule has 1 aromatic heterocycles. The van der Waals surface area contributed by atoms with Gasteiger partial charge in [-0.2, -0.15) is 0 Å². The molecule has 3 amide bonds. The van der Waals surface area contributed by atoms with Gasteiger partial charge in [-0.1, -0.05) is 44.2 Å². The van der Waals surface area contributed by atoms with E-state index in [0.717, 1.165) is 18.4 Å². The zero-order chi connectivity index (χ0) is 23.8. The molecule has 2 atom stereocenters. The van der Waals surface area contributed by atoms with E-state index in [1.165, 1.54) is 18.7 Å². The van der Waals surface area contributed by atoms with E-state index in [0.29, 0.717) is 6.42 Å². The highest BCUT2D eigenvalue weighted by atomic mass is 16.2. The van der Waals surface area contributed by atoms with Gasteiger partial charge >= 0.3 is 0 Å². The van der Waals surface area contributed by atoms with Crippen LogP contribution in [0.3, 0.4) is 0 Å². The molecule has 0 radical (unpaired) electrons. The maximum absolute atomic E-state index is 13.2. The number of amides is 3.